The standard InChI is InChI=1S/C16H13F3N2O5/c1-8-9(4-5-25-8)16(24)26-7-13(23)20-6-12(22)21-11-3-2-10(17)14(18)15(11)19/h2-5H,6-7H2,1H3,(H,20,23)(H,21,22). The van der Waals surface area contributed by atoms with Crippen LogP contribution in [-0.4, -0.2) is 30.9 Å². The van der Waals surface area contributed by atoms with Gasteiger partial charge in [-0.15, -0.1) is 0 Å². The molecule has 0 atom stereocenters. The summed E-state index contributed by atoms with van der Waals surface area (Å²) < 4.78 is 48.9. The number of aryl methyl sites for hydroxylation is 1. The molecule has 2 amide bonds. The fourth-order valence-corrected chi connectivity index (χ4v) is 1.85. The molecule has 0 fully saturated rings. The topological polar surface area (TPSA) is 97.6 Å². The number of amides is 2. The molecule has 0 bridgehead atoms. The SMILES string of the molecule is Cc1occc1C(=O)OCC(=O)NCC(=O)Nc1ccc(F)c(F)c1F. The van der Waals surface area contributed by atoms with E-state index in [0.29, 0.717) is 11.8 Å². The van der Waals surface area contributed by atoms with Gasteiger partial charge in [0.15, 0.2) is 24.1 Å². The highest BCUT2D eigenvalue weighted by atomic mass is 19.2. The van der Waals surface area contributed by atoms with Gasteiger partial charge in [0.2, 0.25) is 5.91 Å². The summed E-state index contributed by atoms with van der Waals surface area (Å²) in [6, 6.07) is 2.85. The maximum Gasteiger partial charge on any atom is 0.342 e. The van der Waals surface area contributed by atoms with Gasteiger partial charge in [0.1, 0.15) is 11.3 Å². The van der Waals surface area contributed by atoms with E-state index in [9.17, 15) is 27.6 Å². The summed E-state index contributed by atoms with van der Waals surface area (Å²) in [5.41, 5.74) is -0.422. The highest BCUT2D eigenvalue weighted by Crippen LogP contribution is 2.19. The van der Waals surface area contributed by atoms with Gasteiger partial charge in [0, 0.05) is 0 Å². The van der Waals surface area contributed by atoms with E-state index in [0.717, 1.165) is 6.07 Å². The number of anilines is 1. The van der Waals surface area contributed by atoms with Crippen LogP contribution >= 0.6 is 0 Å². The normalized spacial score (nSPS) is 10.3. The molecule has 7 nitrogen and oxygen atoms in total. The summed E-state index contributed by atoms with van der Waals surface area (Å²) in [5, 5.41) is 4.09. The number of ether oxygens (including phenoxy) is 1. The summed E-state index contributed by atoms with van der Waals surface area (Å²) in [7, 11) is 0. The van der Waals surface area contributed by atoms with Crippen LogP contribution < -0.4 is 10.6 Å². The minimum atomic E-state index is -1.73. The molecule has 1 aromatic carbocycles. The van der Waals surface area contributed by atoms with E-state index in [1.165, 1.54) is 12.3 Å². The number of carbonyl (C=O) groups is 3. The molecule has 10 heteroatoms. The second-order valence-corrected chi connectivity index (χ2v) is 5.01. The Labute approximate surface area is 145 Å². The van der Waals surface area contributed by atoms with E-state index < -0.39 is 54.1 Å². The second-order valence-electron chi connectivity index (χ2n) is 5.01. The summed E-state index contributed by atoms with van der Waals surface area (Å²) in [4.78, 5) is 34.8. The van der Waals surface area contributed by atoms with Crippen LogP contribution in [0.5, 0.6) is 0 Å². The van der Waals surface area contributed by atoms with E-state index in [1.54, 1.807) is 6.92 Å². The molecule has 0 aliphatic rings. The maximum absolute atomic E-state index is 13.4. The quantitative estimate of drug-likeness (QED) is 0.598. The lowest BCUT2D eigenvalue weighted by Crippen LogP contribution is -2.35. The lowest BCUT2D eigenvalue weighted by Gasteiger charge is -2.09. The molecule has 138 valence electrons. The molecule has 1 aromatic heterocycles. The van der Waals surface area contributed by atoms with Crippen LogP contribution in [0.25, 0.3) is 0 Å². The zero-order valence-electron chi connectivity index (χ0n) is 13.4. The van der Waals surface area contributed by atoms with Crippen LogP contribution in [0.15, 0.2) is 28.9 Å². The maximum atomic E-state index is 13.4. The van der Waals surface area contributed by atoms with Crippen molar-refractivity contribution in [3.05, 3.63) is 53.2 Å². The van der Waals surface area contributed by atoms with Crippen molar-refractivity contribution in [2.24, 2.45) is 0 Å². The number of hydrogen-bond acceptors (Lipinski definition) is 5. The fourth-order valence-electron chi connectivity index (χ4n) is 1.85. The first-order valence-electron chi connectivity index (χ1n) is 7.21. The minimum absolute atomic E-state index is 0.157. The molecule has 0 aliphatic heterocycles. The van der Waals surface area contributed by atoms with Crippen molar-refractivity contribution in [2.75, 3.05) is 18.5 Å². The number of nitrogens with one attached hydrogen (secondary N) is 2. The van der Waals surface area contributed by atoms with E-state index in [2.05, 4.69) is 5.32 Å². The number of carbonyl (C=O) groups excluding carboxylic acids is 3. The van der Waals surface area contributed by atoms with Gasteiger partial charge in [0.25, 0.3) is 5.91 Å². The Bertz CT molecular complexity index is 850. The van der Waals surface area contributed by atoms with Gasteiger partial charge in [-0.3, -0.25) is 9.59 Å². The van der Waals surface area contributed by atoms with Gasteiger partial charge in [0.05, 0.1) is 18.5 Å². The third-order valence-electron chi connectivity index (χ3n) is 3.17. The predicted octanol–water partition coefficient (Wildman–Crippen LogP) is 1.92. The van der Waals surface area contributed by atoms with Gasteiger partial charge < -0.3 is 19.8 Å². The second kappa shape index (κ2) is 8.19. The Morgan fingerprint density at radius 1 is 1.08 bits per heavy atom. The first kappa shape index (κ1) is 19.0. The smallest absolute Gasteiger partial charge is 0.342 e. The zero-order chi connectivity index (χ0) is 19.3. The van der Waals surface area contributed by atoms with Crippen molar-refractivity contribution in [1.82, 2.24) is 5.32 Å². The van der Waals surface area contributed by atoms with Crippen molar-refractivity contribution in [2.45, 2.75) is 6.92 Å². The molecule has 0 aliphatic carbocycles. The summed E-state index contributed by atoms with van der Waals surface area (Å²) in [5.74, 6) is -6.82. The Balaban J connectivity index is 1.78. The number of esters is 1. The zero-order valence-corrected chi connectivity index (χ0v) is 13.4. The van der Waals surface area contributed by atoms with E-state index in [1.807, 2.05) is 5.32 Å². The molecule has 1 heterocycles. The predicted molar refractivity (Wildman–Crippen MR) is 81.7 cm³/mol. The largest absolute Gasteiger partial charge is 0.469 e. The third-order valence-corrected chi connectivity index (χ3v) is 3.17. The number of benzene rings is 1. The van der Waals surface area contributed by atoms with Crippen molar-refractivity contribution in [3.63, 3.8) is 0 Å². The average molecular weight is 370 g/mol. The molecule has 2 N–H and O–H groups in total. The van der Waals surface area contributed by atoms with Crippen molar-refractivity contribution in [3.8, 4) is 0 Å². The van der Waals surface area contributed by atoms with Gasteiger partial charge in [-0.2, -0.15) is 0 Å². The molecule has 0 unspecified atom stereocenters. The first-order chi connectivity index (χ1) is 12.3. The Morgan fingerprint density at radius 2 is 1.81 bits per heavy atom. The lowest BCUT2D eigenvalue weighted by molar-refractivity contribution is -0.126. The fraction of sp³-hybridized carbons (Fsp3) is 0.188. The summed E-state index contributed by atoms with van der Waals surface area (Å²) >= 11 is 0. The highest BCUT2D eigenvalue weighted by Gasteiger charge is 2.17. The van der Waals surface area contributed by atoms with Crippen LogP contribution in [0.3, 0.4) is 0 Å². The van der Waals surface area contributed by atoms with Crippen molar-refractivity contribution >= 4 is 23.5 Å². The number of halogens is 3. The summed E-state index contributed by atoms with van der Waals surface area (Å²) in [6.45, 7) is 0.286. The molecule has 0 saturated carbocycles. The highest BCUT2D eigenvalue weighted by molar-refractivity contribution is 5.95. The minimum Gasteiger partial charge on any atom is -0.469 e. The van der Waals surface area contributed by atoms with Crippen LogP contribution in [-0.2, 0) is 14.3 Å². The van der Waals surface area contributed by atoms with Gasteiger partial charge >= 0.3 is 5.97 Å². The van der Waals surface area contributed by atoms with Crippen molar-refractivity contribution < 1.29 is 36.7 Å². The molecular formula is C16H13F3N2O5. The van der Waals surface area contributed by atoms with Crippen LogP contribution in [0.4, 0.5) is 18.9 Å². The Hall–Kier alpha value is -3.30. The number of hydrogen-bond donors (Lipinski definition) is 2. The van der Waals surface area contributed by atoms with Gasteiger partial charge in [-0.05, 0) is 25.1 Å². The molecule has 26 heavy (non-hydrogen) atoms. The summed E-state index contributed by atoms with van der Waals surface area (Å²) in [6.07, 6.45) is 1.29. The van der Waals surface area contributed by atoms with E-state index in [-0.39, 0.29) is 5.56 Å². The molecular weight excluding hydrogens is 357 g/mol. The van der Waals surface area contributed by atoms with E-state index in [4.69, 9.17) is 9.15 Å². The molecule has 2 aromatic rings. The van der Waals surface area contributed by atoms with Crippen LogP contribution in [0.1, 0.15) is 16.1 Å². The first-order valence-corrected chi connectivity index (χ1v) is 7.21. The van der Waals surface area contributed by atoms with Crippen LogP contribution in [0, 0.1) is 24.4 Å². The van der Waals surface area contributed by atoms with E-state index >= 15 is 0 Å². The van der Waals surface area contributed by atoms with Gasteiger partial charge in [-0.25, -0.2) is 18.0 Å². The van der Waals surface area contributed by atoms with Crippen LogP contribution in [0.2, 0.25) is 0 Å². The molecule has 2 rings (SSSR count). The third kappa shape index (κ3) is 4.62. The molecule has 0 radical (unpaired) electrons. The monoisotopic (exact) mass is 370 g/mol. The van der Waals surface area contributed by atoms with Crippen molar-refractivity contribution in [1.29, 1.82) is 0 Å². The molecule has 0 spiro atoms. The molecule has 0 saturated heterocycles. The number of furan rings is 1. The lowest BCUT2D eigenvalue weighted by atomic mass is 10.2. The average Bonchev–Trinajstić information content (AvgIpc) is 3.04. The Morgan fingerprint density at radius 3 is 2.46 bits per heavy atom. The van der Waals surface area contributed by atoms with Gasteiger partial charge in [-0.1, -0.05) is 0 Å². The number of rotatable bonds is 6. The Kier molecular flexibility index (Phi) is 5.99.